The fraction of sp³-hybridized carbons (Fsp3) is 0.722. The van der Waals surface area contributed by atoms with Gasteiger partial charge in [-0.05, 0) is 25.5 Å². The lowest BCUT2D eigenvalue weighted by Crippen LogP contribution is -2.33. The van der Waals surface area contributed by atoms with E-state index in [2.05, 4.69) is 10.1 Å². The SMILES string of the molecule is CCCOC(=O)S(C)(C(=O)OCCC)c1nc(C(C)CC)nn1C(=O)N(C)C. The first kappa shape index (κ1) is 23.9. The Kier molecular flexibility index (Phi) is 8.93. The van der Waals surface area contributed by atoms with Crippen LogP contribution in [0.15, 0.2) is 5.16 Å². The Balaban J connectivity index is 3.61. The van der Waals surface area contributed by atoms with Crippen LogP contribution < -0.4 is 0 Å². The fourth-order valence-corrected chi connectivity index (χ4v) is 3.92. The number of hydrogen-bond donors (Lipinski definition) is 0. The van der Waals surface area contributed by atoms with Gasteiger partial charge in [0.05, 0.1) is 13.2 Å². The highest BCUT2D eigenvalue weighted by molar-refractivity contribution is 8.54. The molecule has 1 unspecified atom stereocenters. The Hall–Kier alpha value is -2.10. The first-order valence-corrected chi connectivity index (χ1v) is 11.5. The summed E-state index contributed by atoms with van der Waals surface area (Å²) in [6, 6.07) is -0.498. The van der Waals surface area contributed by atoms with E-state index in [4.69, 9.17) is 9.47 Å². The summed E-state index contributed by atoms with van der Waals surface area (Å²) in [7, 11) is 0.0973. The van der Waals surface area contributed by atoms with Crippen LogP contribution in [0.1, 0.15) is 58.7 Å². The number of nitrogens with zero attached hydrogens (tertiary/aromatic N) is 4. The molecule has 0 bridgehead atoms. The highest BCUT2D eigenvalue weighted by atomic mass is 32.3. The normalized spacial score (nSPS) is 13.0. The van der Waals surface area contributed by atoms with Crippen LogP contribution in [0.4, 0.5) is 14.4 Å². The minimum Gasteiger partial charge on any atom is -0.458 e. The quantitative estimate of drug-likeness (QED) is 0.613. The number of amides is 1. The van der Waals surface area contributed by atoms with E-state index in [1.807, 2.05) is 27.7 Å². The van der Waals surface area contributed by atoms with Crippen LogP contribution in [0.3, 0.4) is 0 Å². The lowest BCUT2D eigenvalue weighted by atomic mass is 10.1. The van der Waals surface area contributed by atoms with Crippen LogP contribution in [0.25, 0.3) is 0 Å². The van der Waals surface area contributed by atoms with Crippen molar-refractivity contribution in [1.29, 1.82) is 0 Å². The molecule has 1 amide bonds. The Labute approximate surface area is 168 Å². The predicted molar refractivity (Wildman–Crippen MR) is 108 cm³/mol. The molecule has 0 aliphatic rings. The van der Waals surface area contributed by atoms with Crippen molar-refractivity contribution in [3.8, 4) is 0 Å². The molecule has 0 aliphatic heterocycles. The van der Waals surface area contributed by atoms with Gasteiger partial charge in [-0.25, -0.2) is 19.4 Å². The van der Waals surface area contributed by atoms with E-state index in [1.165, 1.54) is 11.2 Å². The second-order valence-corrected chi connectivity index (χ2v) is 9.64. The molecular formula is C18H32N4O5S. The van der Waals surface area contributed by atoms with E-state index in [9.17, 15) is 14.4 Å². The number of hydrogen-bond acceptors (Lipinski definition) is 7. The van der Waals surface area contributed by atoms with Gasteiger partial charge in [0, 0.05) is 30.0 Å². The van der Waals surface area contributed by atoms with E-state index in [0.717, 1.165) is 11.1 Å². The summed E-state index contributed by atoms with van der Waals surface area (Å²) in [5, 5.41) is 2.84. The van der Waals surface area contributed by atoms with Crippen molar-refractivity contribution in [2.75, 3.05) is 33.6 Å². The zero-order valence-electron chi connectivity index (χ0n) is 17.9. The lowest BCUT2D eigenvalue weighted by Gasteiger charge is -2.29. The molecule has 0 spiro atoms. The van der Waals surface area contributed by atoms with Crippen molar-refractivity contribution < 1.29 is 23.9 Å². The van der Waals surface area contributed by atoms with E-state index in [-0.39, 0.29) is 24.3 Å². The monoisotopic (exact) mass is 416 g/mol. The maximum Gasteiger partial charge on any atom is 0.366 e. The molecule has 0 saturated heterocycles. The average molecular weight is 417 g/mol. The highest BCUT2D eigenvalue weighted by Crippen LogP contribution is 2.55. The molecule has 0 aromatic carbocycles. The third kappa shape index (κ3) is 5.03. The molecular weight excluding hydrogens is 384 g/mol. The van der Waals surface area contributed by atoms with E-state index < -0.39 is 26.7 Å². The van der Waals surface area contributed by atoms with Crippen molar-refractivity contribution in [2.24, 2.45) is 0 Å². The molecule has 0 N–H and O–H groups in total. The van der Waals surface area contributed by atoms with Gasteiger partial charge in [-0.2, -0.15) is 4.68 Å². The van der Waals surface area contributed by atoms with Gasteiger partial charge in [-0.15, -0.1) is 5.10 Å². The molecule has 0 aliphatic carbocycles. The van der Waals surface area contributed by atoms with Crippen LogP contribution >= 0.6 is 10.0 Å². The first-order valence-electron chi connectivity index (χ1n) is 9.45. The maximum atomic E-state index is 12.9. The molecule has 1 rings (SSSR count). The number of rotatable bonds is 7. The molecule has 0 fully saturated rings. The Morgan fingerprint density at radius 1 is 1.07 bits per heavy atom. The third-order valence-electron chi connectivity index (χ3n) is 4.09. The van der Waals surface area contributed by atoms with Crippen molar-refractivity contribution in [1.82, 2.24) is 19.7 Å². The summed E-state index contributed by atoms with van der Waals surface area (Å²) in [4.78, 5) is 44.3. The Morgan fingerprint density at radius 2 is 1.57 bits per heavy atom. The van der Waals surface area contributed by atoms with Crippen LogP contribution in [0.5, 0.6) is 0 Å². The molecule has 9 nitrogen and oxygen atoms in total. The van der Waals surface area contributed by atoms with Crippen LogP contribution in [-0.2, 0) is 9.47 Å². The lowest BCUT2D eigenvalue weighted by molar-refractivity contribution is 0.167. The molecule has 1 aromatic rings. The molecule has 1 aromatic heterocycles. The summed E-state index contributed by atoms with van der Waals surface area (Å²) in [5.41, 5.74) is 0. The summed E-state index contributed by atoms with van der Waals surface area (Å²) < 4.78 is 11.6. The summed E-state index contributed by atoms with van der Waals surface area (Å²) in [6.45, 7) is 7.92. The van der Waals surface area contributed by atoms with Gasteiger partial charge in [0.15, 0.2) is 11.0 Å². The smallest absolute Gasteiger partial charge is 0.366 e. The number of ether oxygens (including phenoxy) is 2. The zero-order chi connectivity index (χ0) is 21.5. The molecule has 0 saturated carbocycles. The number of carbonyl (C=O) groups is 3. The van der Waals surface area contributed by atoms with Crippen molar-refractivity contribution in [3.63, 3.8) is 0 Å². The van der Waals surface area contributed by atoms with E-state index >= 15 is 0 Å². The molecule has 1 heterocycles. The largest absolute Gasteiger partial charge is 0.458 e. The maximum absolute atomic E-state index is 12.9. The van der Waals surface area contributed by atoms with E-state index in [1.54, 1.807) is 14.1 Å². The second-order valence-electron chi connectivity index (χ2n) is 6.77. The van der Waals surface area contributed by atoms with Crippen molar-refractivity contribution >= 4 is 26.7 Å². The minimum absolute atomic E-state index is 0.0105. The van der Waals surface area contributed by atoms with Gasteiger partial charge < -0.3 is 14.4 Å². The van der Waals surface area contributed by atoms with Gasteiger partial charge in [-0.1, -0.05) is 27.7 Å². The van der Waals surface area contributed by atoms with Gasteiger partial charge in [0.2, 0.25) is 0 Å². The average Bonchev–Trinajstić information content (AvgIpc) is 3.13. The van der Waals surface area contributed by atoms with E-state index in [0.29, 0.717) is 18.7 Å². The highest BCUT2D eigenvalue weighted by Gasteiger charge is 2.46. The second kappa shape index (κ2) is 10.4. The zero-order valence-corrected chi connectivity index (χ0v) is 18.7. The standard InChI is InChI=1S/C18H32N4O5S/c1-8-11-26-17(24)28(7,18(25)27-12-9-2)15-19-14(13(4)10-3)20-22(15)16(23)21(5)6/h13H,8-12H2,1-7H3. The Morgan fingerprint density at radius 3 is 1.96 bits per heavy atom. The number of carbonyl (C=O) groups excluding carboxylic acids is 3. The summed E-state index contributed by atoms with van der Waals surface area (Å²) >= 11 is 0. The van der Waals surface area contributed by atoms with Gasteiger partial charge in [0.1, 0.15) is 0 Å². The minimum atomic E-state index is -3.03. The summed E-state index contributed by atoms with van der Waals surface area (Å²) in [5.74, 6) is 0.356. The van der Waals surface area contributed by atoms with Crippen molar-refractivity contribution in [3.05, 3.63) is 5.82 Å². The number of aromatic nitrogens is 3. The molecule has 10 heteroatoms. The third-order valence-corrected chi connectivity index (χ3v) is 6.65. The van der Waals surface area contributed by atoms with Crippen molar-refractivity contribution in [2.45, 2.75) is 58.0 Å². The topological polar surface area (TPSA) is 104 Å². The van der Waals surface area contributed by atoms with Crippen LogP contribution in [0.2, 0.25) is 0 Å². The molecule has 160 valence electrons. The first-order chi connectivity index (χ1) is 13.1. The molecule has 1 atom stereocenters. The van der Waals surface area contributed by atoms with Crippen LogP contribution in [-0.4, -0.2) is 69.9 Å². The Bertz CT molecular complexity index is 684. The fourth-order valence-electron chi connectivity index (χ4n) is 2.11. The summed E-state index contributed by atoms with van der Waals surface area (Å²) in [6.07, 6.45) is 3.40. The van der Waals surface area contributed by atoms with Gasteiger partial charge in [0.25, 0.3) is 0 Å². The predicted octanol–water partition coefficient (Wildman–Crippen LogP) is 4.21. The van der Waals surface area contributed by atoms with Gasteiger partial charge in [-0.3, -0.25) is 0 Å². The van der Waals surface area contributed by atoms with Crippen LogP contribution in [0, 0.1) is 0 Å². The molecule has 28 heavy (non-hydrogen) atoms. The molecule has 0 radical (unpaired) electrons. The van der Waals surface area contributed by atoms with Gasteiger partial charge >= 0.3 is 16.6 Å².